The van der Waals surface area contributed by atoms with Crippen LogP contribution in [0.25, 0.3) is 10.8 Å². The van der Waals surface area contributed by atoms with E-state index < -0.39 is 6.10 Å². The van der Waals surface area contributed by atoms with E-state index >= 15 is 0 Å². The van der Waals surface area contributed by atoms with Crippen LogP contribution in [0.1, 0.15) is 22.1 Å². The fourth-order valence-electron chi connectivity index (χ4n) is 2.26. The highest BCUT2D eigenvalue weighted by molar-refractivity contribution is 7.10. The normalized spacial score (nSPS) is 12.8. The van der Waals surface area contributed by atoms with Crippen molar-refractivity contribution in [3.63, 3.8) is 0 Å². The summed E-state index contributed by atoms with van der Waals surface area (Å²) in [6, 6.07) is 14.0. The number of hydrogen-bond acceptors (Lipinski definition) is 2. The van der Waals surface area contributed by atoms with Crippen molar-refractivity contribution in [1.29, 1.82) is 0 Å². The molecule has 0 bridgehead atoms. The second kappa shape index (κ2) is 4.97. The average molecular weight is 289 g/mol. The third-order valence-corrected chi connectivity index (χ3v) is 5.06. The molecule has 1 atom stereocenters. The maximum Gasteiger partial charge on any atom is 0.115 e. The first kappa shape index (κ1) is 12.7. The minimum Gasteiger partial charge on any atom is -0.383 e. The highest BCUT2D eigenvalue weighted by atomic mass is 35.5. The van der Waals surface area contributed by atoms with Gasteiger partial charge in [0.2, 0.25) is 0 Å². The Morgan fingerprint density at radius 1 is 1.11 bits per heavy atom. The molecule has 0 saturated carbocycles. The molecule has 1 aromatic heterocycles. The van der Waals surface area contributed by atoms with Crippen LogP contribution in [0.4, 0.5) is 0 Å². The summed E-state index contributed by atoms with van der Waals surface area (Å²) < 4.78 is 0. The number of halogens is 1. The van der Waals surface area contributed by atoms with Crippen molar-refractivity contribution < 1.29 is 5.11 Å². The molecule has 1 nitrogen and oxygen atoms in total. The van der Waals surface area contributed by atoms with Crippen molar-refractivity contribution in [2.24, 2.45) is 0 Å². The smallest absolute Gasteiger partial charge is 0.115 e. The van der Waals surface area contributed by atoms with E-state index in [1.807, 2.05) is 54.8 Å². The molecule has 3 rings (SSSR count). The summed E-state index contributed by atoms with van der Waals surface area (Å²) in [7, 11) is 0. The van der Waals surface area contributed by atoms with E-state index in [4.69, 9.17) is 11.6 Å². The van der Waals surface area contributed by atoms with Crippen LogP contribution in [-0.2, 0) is 0 Å². The van der Waals surface area contributed by atoms with Gasteiger partial charge in [0.15, 0.2) is 0 Å². The predicted octanol–water partition coefficient (Wildman–Crippen LogP) is 4.94. The molecule has 2 aromatic carbocycles. The van der Waals surface area contributed by atoms with Gasteiger partial charge in [-0.3, -0.25) is 0 Å². The van der Waals surface area contributed by atoms with Crippen LogP contribution in [-0.4, -0.2) is 5.11 Å². The first-order valence-corrected chi connectivity index (χ1v) is 7.33. The topological polar surface area (TPSA) is 20.2 Å². The zero-order valence-electron chi connectivity index (χ0n) is 10.4. The molecule has 0 aliphatic heterocycles. The number of aliphatic hydroxyl groups is 1. The third kappa shape index (κ3) is 2.16. The maximum atomic E-state index is 10.6. The summed E-state index contributed by atoms with van der Waals surface area (Å²) in [4.78, 5) is 0.815. The maximum absolute atomic E-state index is 10.6. The van der Waals surface area contributed by atoms with E-state index in [1.54, 1.807) is 0 Å². The fourth-order valence-corrected chi connectivity index (χ4v) is 3.56. The first-order chi connectivity index (χ1) is 9.18. The standard InChI is InChI=1S/C16H13ClOS/c1-10-9-19-16(14(10)17)15(18)13-8-4-6-11-5-2-3-7-12(11)13/h2-9,15,18H,1H3. The van der Waals surface area contributed by atoms with Crippen LogP contribution in [0.2, 0.25) is 5.02 Å². The van der Waals surface area contributed by atoms with Crippen molar-refractivity contribution in [2.45, 2.75) is 13.0 Å². The first-order valence-electron chi connectivity index (χ1n) is 6.07. The number of aryl methyl sites for hydroxylation is 1. The molecule has 0 aliphatic rings. The number of aliphatic hydroxyl groups excluding tert-OH is 1. The molecular weight excluding hydrogens is 276 g/mol. The average Bonchev–Trinajstić information content (AvgIpc) is 2.78. The lowest BCUT2D eigenvalue weighted by Gasteiger charge is -2.13. The van der Waals surface area contributed by atoms with Crippen LogP contribution >= 0.6 is 22.9 Å². The van der Waals surface area contributed by atoms with Gasteiger partial charge in [-0.1, -0.05) is 54.1 Å². The molecule has 1 N–H and O–H groups in total. The molecular formula is C16H13ClOS. The Morgan fingerprint density at radius 2 is 1.84 bits per heavy atom. The number of rotatable bonds is 2. The van der Waals surface area contributed by atoms with E-state index in [9.17, 15) is 5.11 Å². The van der Waals surface area contributed by atoms with Gasteiger partial charge in [-0.15, -0.1) is 11.3 Å². The number of thiophene rings is 1. The summed E-state index contributed by atoms with van der Waals surface area (Å²) >= 11 is 7.76. The summed E-state index contributed by atoms with van der Waals surface area (Å²) in [5.41, 5.74) is 1.92. The second-order valence-corrected chi connectivity index (χ2v) is 5.86. The van der Waals surface area contributed by atoms with E-state index in [0.717, 1.165) is 26.8 Å². The van der Waals surface area contributed by atoms with E-state index in [0.29, 0.717) is 5.02 Å². The van der Waals surface area contributed by atoms with Crippen LogP contribution in [0.15, 0.2) is 47.8 Å². The van der Waals surface area contributed by atoms with Crippen LogP contribution < -0.4 is 0 Å². The van der Waals surface area contributed by atoms with Crippen molar-refractivity contribution in [2.75, 3.05) is 0 Å². The minimum atomic E-state index is -0.669. The Kier molecular flexibility index (Phi) is 3.31. The molecule has 3 aromatic rings. The Morgan fingerprint density at radius 3 is 2.58 bits per heavy atom. The quantitative estimate of drug-likeness (QED) is 0.708. The third-order valence-electron chi connectivity index (χ3n) is 3.29. The van der Waals surface area contributed by atoms with Gasteiger partial charge in [0.05, 0.1) is 9.90 Å². The minimum absolute atomic E-state index is 0.669. The Hall–Kier alpha value is -1.35. The number of benzene rings is 2. The molecule has 96 valence electrons. The summed E-state index contributed by atoms with van der Waals surface area (Å²) in [5.74, 6) is 0. The molecule has 1 unspecified atom stereocenters. The monoisotopic (exact) mass is 288 g/mol. The largest absolute Gasteiger partial charge is 0.383 e. The Balaban J connectivity index is 2.17. The predicted molar refractivity (Wildman–Crippen MR) is 82.1 cm³/mol. The zero-order chi connectivity index (χ0) is 13.4. The van der Waals surface area contributed by atoms with Gasteiger partial charge in [0, 0.05) is 0 Å². The van der Waals surface area contributed by atoms with E-state index in [2.05, 4.69) is 0 Å². The highest BCUT2D eigenvalue weighted by Crippen LogP contribution is 2.37. The van der Waals surface area contributed by atoms with Crippen LogP contribution in [0, 0.1) is 6.92 Å². The SMILES string of the molecule is Cc1csc(C(O)c2cccc3ccccc23)c1Cl. The number of fused-ring (bicyclic) bond motifs is 1. The lowest BCUT2D eigenvalue weighted by atomic mass is 9.99. The van der Waals surface area contributed by atoms with Gasteiger partial charge in [0.25, 0.3) is 0 Å². The molecule has 0 fully saturated rings. The van der Waals surface area contributed by atoms with Crippen molar-refractivity contribution in [3.05, 3.63) is 68.9 Å². The molecule has 0 saturated heterocycles. The molecule has 0 aliphatic carbocycles. The summed E-state index contributed by atoms with van der Waals surface area (Å²) in [5, 5.41) is 15.5. The van der Waals surface area contributed by atoms with E-state index in [-0.39, 0.29) is 0 Å². The second-order valence-electron chi connectivity index (χ2n) is 4.57. The molecule has 0 radical (unpaired) electrons. The van der Waals surface area contributed by atoms with Crippen molar-refractivity contribution >= 4 is 33.7 Å². The van der Waals surface area contributed by atoms with E-state index in [1.165, 1.54) is 11.3 Å². The molecule has 19 heavy (non-hydrogen) atoms. The Bertz CT molecular complexity index is 727. The van der Waals surface area contributed by atoms with Gasteiger partial charge in [0.1, 0.15) is 6.10 Å². The van der Waals surface area contributed by atoms with Crippen LogP contribution in [0.3, 0.4) is 0 Å². The van der Waals surface area contributed by atoms with Gasteiger partial charge in [-0.05, 0) is 34.2 Å². The fraction of sp³-hybridized carbons (Fsp3) is 0.125. The van der Waals surface area contributed by atoms with Gasteiger partial charge >= 0.3 is 0 Å². The lowest BCUT2D eigenvalue weighted by Crippen LogP contribution is -1.99. The Labute approximate surface area is 121 Å². The van der Waals surface area contributed by atoms with Gasteiger partial charge in [-0.2, -0.15) is 0 Å². The lowest BCUT2D eigenvalue weighted by molar-refractivity contribution is 0.226. The number of hydrogen-bond donors (Lipinski definition) is 1. The highest BCUT2D eigenvalue weighted by Gasteiger charge is 2.19. The van der Waals surface area contributed by atoms with Crippen molar-refractivity contribution in [3.8, 4) is 0 Å². The van der Waals surface area contributed by atoms with Crippen LogP contribution in [0.5, 0.6) is 0 Å². The molecule has 1 heterocycles. The van der Waals surface area contributed by atoms with Gasteiger partial charge < -0.3 is 5.11 Å². The zero-order valence-corrected chi connectivity index (χ0v) is 12.0. The molecule has 3 heteroatoms. The molecule has 0 spiro atoms. The summed E-state index contributed by atoms with van der Waals surface area (Å²) in [6.07, 6.45) is -0.669. The summed E-state index contributed by atoms with van der Waals surface area (Å²) in [6.45, 7) is 1.96. The van der Waals surface area contributed by atoms with Gasteiger partial charge in [-0.25, -0.2) is 0 Å². The molecule has 0 amide bonds. The van der Waals surface area contributed by atoms with Crippen molar-refractivity contribution in [1.82, 2.24) is 0 Å².